The second-order valence-electron chi connectivity index (χ2n) is 4.29. The molecule has 1 aromatic rings. The number of aromatic nitrogens is 2. The van der Waals surface area contributed by atoms with Gasteiger partial charge in [-0.15, -0.1) is 0 Å². The highest BCUT2D eigenvalue weighted by Gasteiger charge is 2.27. The third kappa shape index (κ3) is 2.75. The Morgan fingerprint density at radius 2 is 2.07 bits per heavy atom. The van der Waals surface area contributed by atoms with Crippen molar-refractivity contribution in [1.82, 2.24) is 9.97 Å². The standard InChI is InChI=1S/C12H19N3/c1-2-3-4-10-7-11(8-13)15-12(14-10)9-5-6-9/h7,9H,2-6,8,13H2,1H3. The summed E-state index contributed by atoms with van der Waals surface area (Å²) in [5.41, 5.74) is 7.82. The summed E-state index contributed by atoms with van der Waals surface area (Å²) in [6, 6.07) is 2.06. The summed E-state index contributed by atoms with van der Waals surface area (Å²) in [6.45, 7) is 2.73. The molecule has 1 aliphatic carbocycles. The Hall–Kier alpha value is -0.960. The minimum Gasteiger partial charge on any atom is -0.325 e. The Morgan fingerprint density at radius 1 is 1.33 bits per heavy atom. The molecular weight excluding hydrogens is 186 g/mol. The quantitative estimate of drug-likeness (QED) is 0.801. The van der Waals surface area contributed by atoms with E-state index < -0.39 is 0 Å². The van der Waals surface area contributed by atoms with E-state index in [4.69, 9.17) is 5.73 Å². The molecule has 0 aliphatic heterocycles. The van der Waals surface area contributed by atoms with Crippen LogP contribution < -0.4 is 5.73 Å². The maximum Gasteiger partial charge on any atom is 0.131 e. The lowest BCUT2D eigenvalue weighted by atomic mass is 10.1. The van der Waals surface area contributed by atoms with Gasteiger partial charge in [0.25, 0.3) is 0 Å². The van der Waals surface area contributed by atoms with Crippen LogP contribution in [0.5, 0.6) is 0 Å². The molecule has 2 rings (SSSR count). The highest BCUT2D eigenvalue weighted by molar-refractivity contribution is 5.16. The topological polar surface area (TPSA) is 51.8 Å². The van der Waals surface area contributed by atoms with Gasteiger partial charge in [-0.1, -0.05) is 13.3 Å². The molecule has 0 saturated heterocycles. The Kier molecular flexibility index (Phi) is 3.31. The summed E-state index contributed by atoms with van der Waals surface area (Å²) >= 11 is 0. The normalized spacial score (nSPS) is 15.6. The predicted molar refractivity (Wildman–Crippen MR) is 60.5 cm³/mol. The zero-order chi connectivity index (χ0) is 10.7. The second-order valence-corrected chi connectivity index (χ2v) is 4.29. The number of nitrogens with zero attached hydrogens (tertiary/aromatic N) is 2. The first kappa shape index (κ1) is 10.6. The van der Waals surface area contributed by atoms with Crippen LogP contribution in [0.3, 0.4) is 0 Å². The van der Waals surface area contributed by atoms with Gasteiger partial charge < -0.3 is 5.73 Å². The summed E-state index contributed by atoms with van der Waals surface area (Å²) in [5, 5.41) is 0. The van der Waals surface area contributed by atoms with Gasteiger partial charge in [0.05, 0.1) is 5.69 Å². The molecule has 2 N–H and O–H groups in total. The zero-order valence-corrected chi connectivity index (χ0v) is 9.37. The maximum absolute atomic E-state index is 5.65. The number of nitrogens with two attached hydrogens (primary N) is 1. The highest BCUT2D eigenvalue weighted by Crippen LogP contribution is 2.38. The number of unbranched alkanes of at least 4 members (excludes halogenated alkanes) is 1. The molecule has 1 heterocycles. The zero-order valence-electron chi connectivity index (χ0n) is 9.37. The van der Waals surface area contributed by atoms with Crippen molar-refractivity contribution in [2.45, 2.75) is 51.5 Å². The first-order valence-corrected chi connectivity index (χ1v) is 5.90. The molecule has 1 saturated carbocycles. The van der Waals surface area contributed by atoms with Crippen LogP contribution >= 0.6 is 0 Å². The fourth-order valence-corrected chi connectivity index (χ4v) is 1.69. The maximum atomic E-state index is 5.65. The van der Waals surface area contributed by atoms with Crippen molar-refractivity contribution < 1.29 is 0 Å². The molecule has 3 nitrogen and oxygen atoms in total. The molecule has 0 aromatic carbocycles. The van der Waals surface area contributed by atoms with E-state index in [1.165, 1.54) is 31.4 Å². The van der Waals surface area contributed by atoms with Gasteiger partial charge in [0.1, 0.15) is 5.82 Å². The first-order chi connectivity index (χ1) is 7.33. The van der Waals surface area contributed by atoms with Gasteiger partial charge in [-0.05, 0) is 31.7 Å². The number of aryl methyl sites for hydroxylation is 1. The van der Waals surface area contributed by atoms with Crippen LogP contribution in [-0.2, 0) is 13.0 Å². The van der Waals surface area contributed by atoms with Crippen LogP contribution in [0.15, 0.2) is 6.07 Å². The SMILES string of the molecule is CCCCc1cc(CN)nc(C2CC2)n1. The molecule has 82 valence electrons. The van der Waals surface area contributed by atoms with Gasteiger partial charge in [-0.25, -0.2) is 9.97 Å². The van der Waals surface area contributed by atoms with Crippen LogP contribution in [0.4, 0.5) is 0 Å². The Labute approximate surface area is 91.1 Å². The van der Waals surface area contributed by atoms with Crippen LogP contribution in [0.1, 0.15) is 55.7 Å². The average molecular weight is 205 g/mol. The van der Waals surface area contributed by atoms with Crippen molar-refractivity contribution in [3.05, 3.63) is 23.3 Å². The van der Waals surface area contributed by atoms with Crippen molar-refractivity contribution in [3.8, 4) is 0 Å². The average Bonchev–Trinajstić information content (AvgIpc) is 3.09. The molecule has 1 fully saturated rings. The third-order valence-corrected chi connectivity index (χ3v) is 2.79. The fourth-order valence-electron chi connectivity index (χ4n) is 1.69. The van der Waals surface area contributed by atoms with Crippen molar-refractivity contribution in [2.24, 2.45) is 5.73 Å². The molecule has 3 heteroatoms. The number of hydrogen-bond acceptors (Lipinski definition) is 3. The van der Waals surface area contributed by atoms with Gasteiger partial charge in [0, 0.05) is 18.2 Å². The molecule has 0 amide bonds. The summed E-state index contributed by atoms with van der Waals surface area (Å²) in [7, 11) is 0. The first-order valence-electron chi connectivity index (χ1n) is 5.90. The van der Waals surface area contributed by atoms with Crippen molar-refractivity contribution in [1.29, 1.82) is 0 Å². The number of hydrogen-bond donors (Lipinski definition) is 1. The number of rotatable bonds is 5. The Bertz CT molecular complexity index is 332. The van der Waals surface area contributed by atoms with E-state index in [2.05, 4.69) is 23.0 Å². The third-order valence-electron chi connectivity index (χ3n) is 2.79. The lowest BCUT2D eigenvalue weighted by Gasteiger charge is -2.05. The molecule has 0 bridgehead atoms. The summed E-state index contributed by atoms with van der Waals surface area (Å²) in [5.74, 6) is 1.65. The van der Waals surface area contributed by atoms with Crippen molar-refractivity contribution in [3.63, 3.8) is 0 Å². The van der Waals surface area contributed by atoms with E-state index in [0.717, 1.165) is 17.9 Å². The van der Waals surface area contributed by atoms with Crippen LogP contribution in [0, 0.1) is 0 Å². The van der Waals surface area contributed by atoms with E-state index in [0.29, 0.717) is 12.5 Å². The van der Waals surface area contributed by atoms with Gasteiger partial charge in [-0.2, -0.15) is 0 Å². The lowest BCUT2D eigenvalue weighted by molar-refractivity contribution is 0.750. The Morgan fingerprint density at radius 3 is 2.67 bits per heavy atom. The monoisotopic (exact) mass is 205 g/mol. The fraction of sp³-hybridized carbons (Fsp3) is 0.667. The Balaban J connectivity index is 2.16. The summed E-state index contributed by atoms with van der Waals surface area (Å²) < 4.78 is 0. The molecule has 15 heavy (non-hydrogen) atoms. The molecule has 0 atom stereocenters. The summed E-state index contributed by atoms with van der Waals surface area (Å²) in [6.07, 6.45) is 5.97. The predicted octanol–water partition coefficient (Wildman–Crippen LogP) is 2.16. The van der Waals surface area contributed by atoms with E-state index in [1.807, 2.05) is 0 Å². The molecule has 0 unspecified atom stereocenters. The second kappa shape index (κ2) is 4.71. The van der Waals surface area contributed by atoms with Gasteiger partial charge >= 0.3 is 0 Å². The van der Waals surface area contributed by atoms with Crippen LogP contribution in [-0.4, -0.2) is 9.97 Å². The highest BCUT2D eigenvalue weighted by atomic mass is 14.9. The smallest absolute Gasteiger partial charge is 0.131 e. The largest absolute Gasteiger partial charge is 0.325 e. The van der Waals surface area contributed by atoms with E-state index >= 15 is 0 Å². The molecule has 0 radical (unpaired) electrons. The molecule has 1 aromatic heterocycles. The van der Waals surface area contributed by atoms with E-state index in [1.54, 1.807) is 0 Å². The van der Waals surface area contributed by atoms with Crippen LogP contribution in [0.25, 0.3) is 0 Å². The molecule has 0 spiro atoms. The van der Waals surface area contributed by atoms with Crippen molar-refractivity contribution >= 4 is 0 Å². The van der Waals surface area contributed by atoms with Crippen molar-refractivity contribution in [2.75, 3.05) is 0 Å². The molecular formula is C12H19N3. The minimum atomic E-state index is 0.529. The van der Waals surface area contributed by atoms with E-state index in [9.17, 15) is 0 Å². The van der Waals surface area contributed by atoms with Gasteiger partial charge in [0.2, 0.25) is 0 Å². The summed E-state index contributed by atoms with van der Waals surface area (Å²) in [4.78, 5) is 9.10. The molecule has 1 aliphatic rings. The van der Waals surface area contributed by atoms with Gasteiger partial charge in [-0.3, -0.25) is 0 Å². The lowest BCUT2D eigenvalue weighted by Crippen LogP contribution is -2.06. The van der Waals surface area contributed by atoms with Crippen LogP contribution in [0.2, 0.25) is 0 Å². The van der Waals surface area contributed by atoms with E-state index in [-0.39, 0.29) is 0 Å². The minimum absolute atomic E-state index is 0.529. The van der Waals surface area contributed by atoms with Gasteiger partial charge in [0.15, 0.2) is 0 Å².